The first kappa shape index (κ1) is 14.8. The van der Waals surface area contributed by atoms with Crippen LogP contribution in [0.15, 0.2) is 40.6 Å². The van der Waals surface area contributed by atoms with Crippen LogP contribution in [0.25, 0.3) is 0 Å². The molecule has 0 saturated heterocycles. The number of benzene rings is 1. The Hall–Kier alpha value is -1.57. The Kier molecular flexibility index (Phi) is 4.64. The lowest BCUT2D eigenvalue weighted by Crippen LogP contribution is -2.12. The number of aryl methyl sites for hydroxylation is 1. The molecular weight excluding hydrogens is 296 g/mol. The zero-order valence-corrected chi connectivity index (χ0v) is 12.6. The third kappa shape index (κ3) is 3.72. The van der Waals surface area contributed by atoms with Crippen molar-refractivity contribution in [1.82, 2.24) is 0 Å². The standard InChI is InChI=1S/C13H16N2O3S2/c1-10-5-6-13(19-10)20(16,17)15-11-3-2-4-12(9-11)18-8-7-14/h2-6,9,15H,7-8,14H2,1H3. The number of rotatable bonds is 6. The van der Waals surface area contributed by atoms with Crippen molar-refractivity contribution in [1.29, 1.82) is 0 Å². The third-order valence-electron chi connectivity index (χ3n) is 2.45. The first-order valence-corrected chi connectivity index (χ1v) is 8.33. The van der Waals surface area contributed by atoms with Gasteiger partial charge in [-0.15, -0.1) is 11.3 Å². The predicted molar refractivity (Wildman–Crippen MR) is 80.9 cm³/mol. The van der Waals surface area contributed by atoms with Gasteiger partial charge < -0.3 is 10.5 Å². The van der Waals surface area contributed by atoms with Crippen molar-refractivity contribution in [2.75, 3.05) is 17.9 Å². The molecule has 108 valence electrons. The van der Waals surface area contributed by atoms with Crippen molar-refractivity contribution in [3.63, 3.8) is 0 Å². The topological polar surface area (TPSA) is 81.4 Å². The molecule has 0 spiro atoms. The summed E-state index contributed by atoms with van der Waals surface area (Å²) >= 11 is 1.23. The number of hydrogen-bond acceptors (Lipinski definition) is 5. The van der Waals surface area contributed by atoms with E-state index >= 15 is 0 Å². The van der Waals surface area contributed by atoms with E-state index in [1.807, 2.05) is 6.92 Å². The number of nitrogens with two attached hydrogens (primary N) is 1. The van der Waals surface area contributed by atoms with Gasteiger partial charge in [-0.2, -0.15) is 0 Å². The quantitative estimate of drug-likeness (QED) is 0.856. The highest BCUT2D eigenvalue weighted by Crippen LogP contribution is 2.25. The summed E-state index contributed by atoms with van der Waals surface area (Å²) in [6.07, 6.45) is 0. The molecule has 1 aromatic carbocycles. The lowest BCUT2D eigenvalue weighted by atomic mass is 10.3. The molecule has 0 bridgehead atoms. The van der Waals surface area contributed by atoms with E-state index in [9.17, 15) is 8.42 Å². The van der Waals surface area contributed by atoms with E-state index in [1.165, 1.54) is 11.3 Å². The van der Waals surface area contributed by atoms with Crippen molar-refractivity contribution in [2.24, 2.45) is 5.73 Å². The van der Waals surface area contributed by atoms with Gasteiger partial charge in [-0.1, -0.05) is 6.07 Å². The average molecular weight is 312 g/mol. The maximum atomic E-state index is 12.2. The van der Waals surface area contributed by atoms with Crippen molar-refractivity contribution in [3.05, 3.63) is 41.3 Å². The fourth-order valence-electron chi connectivity index (χ4n) is 1.59. The molecule has 20 heavy (non-hydrogen) atoms. The normalized spacial score (nSPS) is 11.3. The Bertz CT molecular complexity index is 680. The number of nitrogens with one attached hydrogen (secondary N) is 1. The zero-order chi connectivity index (χ0) is 14.6. The fourth-order valence-corrected chi connectivity index (χ4v) is 3.92. The molecule has 2 rings (SSSR count). The second kappa shape index (κ2) is 6.25. The van der Waals surface area contributed by atoms with Gasteiger partial charge in [0.25, 0.3) is 10.0 Å². The SMILES string of the molecule is Cc1ccc(S(=O)(=O)Nc2cccc(OCCN)c2)s1. The summed E-state index contributed by atoms with van der Waals surface area (Å²) in [5.74, 6) is 0.581. The third-order valence-corrected chi connectivity index (χ3v) is 5.33. The molecule has 2 aromatic rings. The van der Waals surface area contributed by atoms with Crippen LogP contribution in [0.2, 0.25) is 0 Å². The van der Waals surface area contributed by atoms with Crippen LogP contribution >= 0.6 is 11.3 Å². The van der Waals surface area contributed by atoms with E-state index < -0.39 is 10.0 Å². The number of ether oxygens (including phenoxy) is 1. The predicted octanol–water partition coefficient (Wildman–Crippen LogP) is 2.19. The first-order valence-electron chi connectivity index (χ1n) is 6.03. The second-order valence-corrected chi connectivity index (χ2v) is 7.33. The number of hydrogen-bond donors (Lipinski definition) is 2. The summed E-state index contributed by atoms with van der Waals surface area (Å²) in [5, 5.41) is 0. The second-order valence-electron chi connectivity index (χ2n) is 4.14. The van der Waals surface area contributed by atoms with Crippen molar-refractivity contribution in [3.8, 4) is 5.75 Å². The van der Waals surface area contributed by atoms with E-state index in [1.54, 1.807) is 36.4 Å². The smallest absolute Gasteiger partial charge is 0.271 e. The summed E-state index contributed by atoms with van der Waals surface area (Å²) in [6, 6.07) is 10.2. The van der Waals surface area contributed by atoms with Crippen molar-refractivity contribution >= 4 is 27.0 Å². The van der Waals surface area contributed by atoms with Crippen LogP contribution in [0, 0.1) is 6.92 Å². The number of sulfonamides is 1. The maximum absolute atomic E-state index is 12.2. The highest BCUT2D eigenvalue weighted by Gasteiger charge is 2.16. The minimum Gasteiger partial charge on any atom is -0.492 e. The van der Waals surface area contributed by atoms with E-state index in [0.29, 0.717) is 28.8 Å². The Labute approximate surface area is 122 Å². The van der Waals surface area contributed by atoms with Gasteiger partial charge in [0.2, 0.25) is 0 Å². The molecule has 1 aromatic heterocycles. The Balaban J connectivity index is 2.17. The molecule has 0 fully saturated rings. The number of thiophene rings is 1. The molecule has 0 aliphatic rings. The van der Waals surface area contributed by atoms with E-state index in [-0.39, 0.29) is 0 Å². The Morgan fingerprint density at radius 3 is 2.75 bits per heavy atom. The van der Waals surface area contributed by atoms with Gasteiger partial charge in [0.05, 0.1) is 5.69 Å². The van der Waals surface area contributed by atoms with Crippen LogP contribution in [0.3, 0.4) is 0 Å². The summed E-state index contributed by atoms with van der Waals surface area (Å²) in [7, 11) is -3.54. The van der Waals surface area contributed by atoms with E-state index in [0.717, 1.165) is 4.88 Å². The molecule has 0 atom stereocenters. The van der Waals surface area contributed by atoms with Crippen LogP contribution < -0.4 is 15.2 Å². The summed E-state index contributed by atoms with van der Waals surface area (Å²) in [4.78, 5) is 0.949. The van der Waals surface area contributed by atoms with E-state index in [2.05, 4.69) is 4.72 Å². The molecule has 3 N–H and O–H groups in total. The molecule has 5 nitrogen and oxygen atoms in total. The van der Waals surface area contributed by atoms with Crippen LogP contribution in [-0.4, -0.2) is 21.6 Å². The molecule has 0 radical (unpaired) electrons. The van der Waals surface area contributed by atoms with Crippen LogP contribution in [-0.2, 0) is 10.0 Å². The fraction of sp³-hybridized carbons (Fsp3) is 0.231. The summed E-state index contributed by atoms with van der Waals surface area (Å²) in [5.41, 5.74) is 5.82. The molecule has 0 amide bonds. The molecule has 0 unspecified atom stereocenters. The van der Waals surface area contributed by atoms with Crippen LogP contribution in [0.4, 0.5) is 5.69 Å². The Morgan fingerprint density at radius 1 is 1.30 bits per heavy atom. The highest BCUT2D eigenvalue weighted by molar-refractivity contribution is 7.94. The largest absolute Gasteiger partial charge is 0.492 e. The lowest BCUT2D eigenvalue weighted by Gasteiger charge is -2.09. The van der Waals surface area contributed by atoms with Crippen LogP contribution in [0.5, 0.6) is 5.75 Å². The van der Waals surface area contributed by atoms with Gasteiger partial charge in [-0.3, -0.25) is 4.72 Å². The van der Waals surface area contributed by atoms with Gasteiger partial charge in [-0.25, -0.2) is 8.42 Å². The summed E-state index contributed by atoms with van der Waals surface area (Å²) < 4.78 is 32.6. The summed E-state index contributed by atoms with van der Waals surface area (Å²) in [6.45, 7) is 2.66. The molecule has 0 saturated carbocycles. The average Bonchev–Trinajstić information content (AvgIpc) is 2.84. The molecule has 0 aliphatic carbocycles. The molecule has 0 aliphatic heterocycles. The van der Waals surface area contributed by atoms with Gasteiger partial charge in [-0.05, 0) is 31.2 Å². The maximum Gasteiger partial charge on any atom is 0.271 e. The Morgan fingerprint density at radius 2 is 2.10 bits per heavy atom. The number of anilines is 1. The van der Waals surface area contributed by atoms with Gasteiger partial charge in [0, 0.05) is 17.5 Å². The first-order chi connectivity index (χ1) is 9.51. The van der Waals surface area contributed by atoms with Crippen molar-refractivity contribution < 1.29 is 13.2 Å². The van der Waals surface area contributed by atoms with Gasteiger partial charge >= 0.3 is 0 Å². The van der Waals surface area contributed by atoms with Crippen molar-refractivity contribution in [2.45, 2.75) is 11.1 Å². The molecular formula is C13H16N2O3S2. The minimum absolute atomic E-state index is 0.295. The lowest BCUT2D eigenvalue weighted by molar-refractivity contribution is 0.328. The van der Waals surface area contributed by atoms with Crippen LogP contribution in [0.1, 0.15) is 4.88 Å². The highest BCUT2D eigenvalue weighted by atomic mass is 32.2. The molecule has 7 heteroatoms. The van der Waals surface area contributed by atoms with Gasteiger partial charge in [0.15, 0.2) is 0 Å². The zero-order valence-electron chi connectivity index (χ0n) is 11.0. The minimum atomic E-state index is -3.54. The van der Waals surface area contributed by atoms with Gasteiger partial charge in [0.1, 0.15) is 16.6 Å². The van der Waals surface area contributed by atoms with E-state index in [4.69, 9.17) is 10.5 Å². The molecule has 1 heterocycles. The monoisotopic (exact) mass is 312 g/mol.